The first kappa shape index (κ1) is 30.5. The van der Waals surface area contributed by atoms with Gasteiger partial charge in [-0.3, -0.25) is 9.59 Å². The number of carbonyl (C=O) groups is 3. The fourth-order valence-corrected chi connectivity index (χ4v) is 3.34. The van der Waals surface area contributed by atoms with Crippen LogP contribution in [0.1, 0.15) is 52.2 Å². The molecule has 3 amide bonds. The fraction of sp³-hybridized carbons (Fsp3) is 0.423. The highest BCUT2D eigenvalue weighted by Gasteiger charge is 2.40. The molecule has 0 aliphatic heterocycles. The summed E-state index contributed by atoms with van der Waals surface area (Å²) in [5.41, 5.74) is -3.11. The molecular weight excluding hydrogens is 513 g/mol. The third kappa shape index (κ3) is 7.65. The first-order chi connectivity index (χ1) is 17.6. The van der Waals surface area contributed by atoms with Gasteiger partial charge in [0.05, 0.1) is 6.54 Å². The Hall–Kier alpha value is -3.70. The van der Waals surface area contributed by atoms with Crippen LogP contribution >= 0.6 is 0 Å². The molecule has 0 atom stereocenters. The van der Waals surface area contributed by atoms with Gasteiger partial charge in [-0.25, -0.2) is 26.7 Å². The molecule has 38 heavy (non-hydrogen) atoms. The summed E-state index contributed by atoms with van der Waals surface area (Å²) in [6, 6.07) is 8.77. The normalized spacial score (nSPS) is 11.6. The second kappa shape index (κ2) is 12.2. The van der Waals surface area contributed by atoms with E-state index >= 15 is 0 Å². The lowest BCUT2D eigenvalue weighted by Gasteiger charge is -2.39. The van der Waals surface area contributed by atoms with E-state index in [9.17, 15) is 36.3 Å². The van der Waals surface area contributed by atoms with Crippen LogP contribution in [0.5, 0.6) is 0 Å². The molecule has 2 aromatic rings. The SMILES string of the molecule is CC(C)(C)NC(=O)C(C)(C)N(Cc1c(F)c(F)c(F)c(F)c1F)C(=O)CCNC(=O)OCc1ccccc1. The van der Waals surface area contributed by atoms with Gasteiger partial charge in [-0.1, -0.05) is 30.3 Å². The molecule has 2 N–H and O–H groups in total. The van der Waals surface area contributed by atoms with Gasteiger partial charge < -0.3 is 20.3 Å². The molecule has 0 saturated heterocycles. The number of nitrogens with one attached hydrogen (secondary N) is 2. The second-order valence-electron chi connectivity index (χ2n) is 10.0. The van der Waals surface area contributed by atoms with Gasteiger partial charge in [0.2, 0.25) is 17.6 Å². The number of amides is 3. The highest BCUT2D eigenvalue weighted by atomic mass is 19.2. The highest BCUT2D eigenvalue weighted by Crippen LogP contribution is 2.28. The molecule has 0 bridgehead atoms. The number of nitrogens with zero attached hydrogens (tertiary/aromatic N) is 1. The monoisotopic (exact) mass is 543 g/mol. The van der Waals surface area contributed by atoms with Crippen LogP contribution in [0, 0.1) is 29.1 Å². The minimum absolute atomic E-state index is 0.0347. The third-order valence-corrected chi connectivity index (χ3v) is 5.46. The van der Waals surface area contributed by atoms with E-state index in [2.05, 4.69) is 10.6 Å². The van der Waals surface area contributed by atoms with Crippen molar-refractivity contribution >= 4 is 17.9 Å². The lowest BCUT2D eigenvalue weighted by Crippen LogP contribution is -2.60. The Morgan fingerprint density at radius 2 is 1.37 bits per heavy atom. The van der Waals surface area contributed by atoms with Gasteiger partial charge in [-0.05, 0) is 40.2 Å². The van der Waals surface area contributed by atoms with Crippen molar-refractivity contribution in [2.24, 2.45) is 0 Å². The average Bonchev–Trinajstić information content (AvgIpc) is 2.84. The first-order valence-corrected chi connectivity index (χ1v) is 11.6. The maximum Gasteiger partial charge on any atom is 0.407 e. The minimum atomic E-state index is -2.34. The number of halogens is 5. The van der Waals surface area contributed by atoms with Crippen LogP contribution in [-0.2, 0) is 27.5 Å². The standard InChI is InChI=1S/C26H30F5N3O4/c1-25(2,3)33-23(36)26(4,5)34(13-16-18(27)20(29)22(31)21(30)19(16)28)17(35)11-12-32-24(37)38-14-15-9-7-6-8-10-15/h6-10H,11-14H2,1-5H3,(H,32,37)(H,33,36). The van der Waals surface area contributed by atoms with Crippen molar-refractivity contribution in [1.82, 2.24) is 15.5 Å². The minimum Gasteiger partial charge on any atom is -0.445 e. The van der Waals surface area contributed by atoms with E-state index < -0.39 is 76.6 Å². The molecule has 7 nitrogen and oxygen atoms in total. The summed E-state index contributed by atoms with van der Waals surface area (Å²) in [4.78, 5) is 38.8. The van der Waals surface area contributed by atoms with Crippen molar-refractivity contribution in [2.45, 2.75) is 65.3 Å². The van der Waals surface area contributed by atoms with Gasteiger partial charge in [0.1, 0.15) is 12.1 Å². The van der Waals surface area contributed by atoms with Crippen LogP contribution in [-0.4, -0.2) is 40.4 Å². The molecule has 0 aliphatic carbocycles. The molecule has 0 spiro atoms. The highest BCUT2D eigenvalue weighted by molar-refractivity contribution is 5.91. The Bertz CT molecular complexity index is 1150. The van der Waals surface area contributed by atoms with Crippen molar-refractivity contribution in [3.8, 4) is 0 Å². The Labute approximate surface area is 217 Å². The average molecular weight is 544 g/mol. The van der Waals surface area contributed by atoms with Gasteiger partial charge in [0.25, 0.3) is 0 Å². The molecule has 2 rings (SSSR count). The summed E-state index contributed by atoms with van der Waals surface area (Å²) in [6.07, 6.45) is -1.32. The lowest BCUT2D eigenvalue weighted by molar-refractivity contribution is -0.147. The first-order valence-electron chi connectivity index (χ1n) is 11.6. The molecule has 208 valence electrons. The number of ether oxygens (including phenoxy) is 1. The summed E-state index contributed by atoms with van der Waals surface area (Å²) in [7, 11) is 0. The van der Waals surface area contributed by atoms with Crippen LogP contribution in [0.25, 0.3) is 0 Å². The van der Waals surface area contributed by atoms with E-state index in [1.165, 1.54) is 13.8 Å². The predicted octanol–water partition coefficient (Wildman–Crippen LogP) is 4.72. The molecule has 0 fully saturated rings. The smallest absolute Gasteiger partial charge is 0.407 e. The summed E-state index contributed by atoms with van der Waals surface area (Å²) in [6.45, 7) is 6.06. The number of hydrogen-bond donors (Lipinski definition) is 2. The van der Waals surface area contributed by atoms with Crippen molar-refractivity contribution in [2.75, 3.05) is 6.54 Å². The second-order valence-corrected chi connectivity index (χ2v) is 10.0. The van der Waals surface area contributed by atoms with Crippen molar-refractivity contribution < 1.29 is 41.1 Å². The Balaban J connectivity index is 2.24. The molecule has 12 heteroatoms. The van der Waals surface area contributed by atoms with Crippen LogP contribution in [0.15, 0.2) is 30.3 Å². The van der Waals surface area contributed by atoms with E-state index in [-0.39, 0.29) is 13.2 Å². The fourth-order valence-electron chi connectivity index (χ4n) is 3.34. The largest absolute Gasteiger partial charge is 0.445 e. The Kier molecular flexibility index (Phi) is 9.82. The van der Waals surface area contributed by atoms with Crippen LogP contribution < -0.4 is 10.6 Å². The topological polar surface area (TPSA) is 87.7 Å². The summed E-state index contributed by atoms with van der Waals surface area (Å²) < 4.78 is 75.1. The van der Waals surface area contributed by atoms with E-state index in [0.29, 0.717) is 4.90 Å². The zero-order valence-electron chi connectivity index (χ0n) is 21.7. The summed E-state index contributed by atoms with van der Waals surface area (Å²) in [5.74, 6) is -12.6. The molecule has 0 heterocycles. The zero-order chi connectivity index (χ0) is 28.8. The van der Waals surface area contributed by atoms with E-state index in [1.807, 2.05) is 0 Å². The predicted molar refractivity (Wildman–Crippen MR) is 128 cm³/mol. The molecule has 0 aromatic heterocycles. The summed E-state index contributed by atoms with van der Waals surface area (Å²) in [5, 5.41) is 4.97. The maximum atomic E-state index is 14.4. The van der Waals surface area contributed by atoms with Crippen LogP contribution in [0.2, 0.25) is 0 Å². The van der Waals surface area contributed by atoms with Crippen molar-refractivity contribution in [1.29, 1.82) is 0 Å². The van der Waals surface area contributed by atoms with Gasteiger partial charge in [-0.15, -0.1) is 0 Å². The number of rotatable bonds is 9. The number of carbonyl (C=O) groups excluding carboxylic acids is 3. The molecule has 0 saturated carbocycles. The molecule has 0 radical (unpaired) electrons. The molecule has 2 aromatic carbocycles. The number of alkyl carbamates (subject to hydrolysis) is 1. The van der Waals surface area contributed by atoms with Crippen LogP contribution in [0.3, 0.4) is 0 Å². The van der Waals surface area contributed by atoms with Gasteiger partial charge in [-0.2, -0.15) is 0 Å². The van der Waals surface area contributed by atoms with Crippen molar-refractivity contribution in [3.05, 3.63) is 70.5 Å². The Morgan fingerprint density at radius 1 is 0.842 bits per heavy atom. The molecule has 0 unspecified atom stereocenters. The van der Waals surface area contributed by atoms with Crippen molar-refractivity contribution in [3.63, 3.8) is 0 Å². The quantitative estimate of drug-likeness (QED) is 0.272. The molecular formula is C26H30F5N3O4. The maximum absolute atomic E-state index is 14.4. The number of hydrogen-bond acceptors (Lipinski definition) is 4. The Morgan fingerprint density at radius 3 is 1.89 bits per heavy atom. The van der Waals surface area contributed by atoms with Gasteiger partial charge in [0, 0.05) is 24.1 Å². The van der Waals surface area contributed by atoms with Gasteiger partial charge in [0.15, 0.2) is 23.3 Å². The third-order valence-electron chi connectivity index (χ3n) is 5.46. The van der Waals surface area contributed by atoms with E-state index in [4.69, 9.17) is 4.74 Å². The van der Waals surface area contributed by atoms with Gasteiger partial charge >= 0.3 is 6.09 Å². The number of benzene rings is 2. The van der Waals surface area contributed by atoms with E-state index in [1.54, 1.807) is 51.1 Å². The zero-order valence-corrected chi connectivity index (χ0v) is 21.7. The van der Waals surface area contributed by atoms with Crippen LogP contribution in [0.4, 0.5) is 26.7 Å². The lowest BCUT2D eigenvalue weighted by atomic mass is 9.96. The van der Waals surface area contributed by atoms with E-state index in [0.717, 1.165) is 5.56 Å². The molecule has 0 aliphatic rings. The summed E-state index contributed by atoms with van der Waals surface area (Å²) >= 11 is 0.